The van der Waals surface area contributed by atoms with Crippen molar-refractivity contribution in [3.8, 4) is 5.75 Å². The highest BCUT2D eigenvalue weighted by Crippen LogP contribution is 2.49. The van der Waals surface area contributed by atoms with Crippen molar-refractivity contribution in [2.24, 2.45) is 5.92 Å². The molecule has 1 N–H and O–H groups in total. The number of hydrogen-bond donors (Lipinski definition) is 1. The van der Waals surface area contributed by atoms with Crippen LogP contribution in [0.15, 0.2) is 71.2 Å². The highest BCUT2D eigenvalue weighted by molar-refractivity contribution is 6.13. The van der Waals surface area contributed by atoms with Gasteiger partial charge in [-0.05, 0) is 51.0 Å². The first-order valence-corrected chi connectivity index (χ1v) is 12.0. The van der Waals surface area contributed by atoms with Gasteiger partial charge in [0, 0.05) is 29.1 Å². The van der Waals surface area contributed by atoms with Gasteiger partial charge in [-0.15, -0.1) is 0 Å². The largest absolute Gasteiger partial charge is 0.496 e. The lowest BCUT2D eigenvalue weighted by Crippen LogP contribution is -2.43. The van der Waals surface area contributed by atoms with Crippen molar-refractivity contribution in [1.29, 1.82) is 0 Å². The number of nitrogens with zero attached hydrogens (tertiary/aromatic N) is 1. The number of rotatable bonds is 7. The molecule has 2 aromatic rings. The normalized spacial score (nSPS) is 21.4. The Morgan fingerprint density at radius 2 is 1.78 bits per heavy atom. The number of allylic oxidation sites excluding steroid dienone is 3. The smallest absolute Gasteiger partial charge is 0.336 e. The number of dihydropyridines is 1. The number of para-hydroxylation sites is 1. The Kier molecular flexibility index (Phi) is 7.52. The monoisotopic (exact) mass is 490 g/mol. The van der Waals surface area contributed by atoms with Crippen LogP contribution >= 0.6 is 0 Å². The van der Waals surface area contributed by atoms with E-state index in [4.69, 9.17) is 14.2 Å². The lowest BCUT2D eigenvalue weighted by molar-refractivity contribution is -0.152. The molecule has 0 radical (unpaired) electrons. The third-order valence-corrected chi connectivity index (χ3v) is 6.58. The SMILES string of the molecule is CCOC(=O)C1=C(C)NC2=C(C(=O)[C@H](C(=O)OCC)[C@@H](c3ccccc3OC)C2)[C@H]1c1ccccn1. The third-order valence-electron chi connectivity index (χ3n) is 6.58. The zero-order chi connectivity index (χ0) is 25.8. The third kappa shape index (κ3) is 4.51. The number of carbonyl (C=O) groups excluding carboxylic acids is 3. The number of ketones is 1. The molecule has 4 rings (SSSR count). The minimum absolute atomic E-state index is 0.141. The molecular formula is C28H30N2O6. The zero-order valence-electron chi connectivity index (χ0n) is 20.9. The van der Waals surface area contributed by atoms with Crippen LogP contribution in [0.25, 0.3) is 0 Å². The molecule has 0 unspecified atom stereocenters. The summed E-state index contributed by atoms with van der Waals surface area (Å²) in [5, 5.41) is 3.28. The average Bonchev–Trinajstić information content (AvgIpc) is 2.88. The molecule has 0 saturated carbocycles. The molecule has 36 heavy (non-hydrogen) atoms. The summed E-state index contributed by atoms with van der Waals surface area (Å²) in [6, 6.07) is 12.7. The summed E-state index contributed by atoms with van der Waals surface area (Å²) in [7, 11) is 1.56. The molecule has 1 aliphatic carbocycles. The Morgan fingerprint density at radius 1 is 1.06 bits per heavy atom. The first-order chi connectivity index (χ1) is 17.4. The number of nitrogens with one attached hydrogen (secondary N) is 1. The molecule has 1 aromatic heterocycles. The molecule has 3 atom stereocenters. The topological polar surface area (TPSA) is 104 Å². The van der Waals surface area contributed by atoms with E-state index in [2.05, 4.69) is 10.3 Å². The van der Waals surface area contributed by atoms with Crippen molar-refractivity contribution >= 4 is 17.7 Å². The van der Waals surface area contributed by atoms with Crippen molar-refractivity contribution in [2.75, 3.05) is 20.3 Å². The van der Waals surface area contributed by atoms with Crippen LogP contribution in [0.2, 0.25) is 0 Å². The second-order valence-corrected chi connectivity index (χ2v) is 8.61. The minimum Gasteiger partial charge on any atom is -0.496 e. The Morgan fingerprint density at radius 3 is 2.44 bits per heavy atom. The lowest BCUT2D eigenvalue weighted by Gasteiger charge is -2.39. The zero-order valence-corrected chi connectivity index (χ0v) is 20.9. The van der Waals surface area contributed by atoms with Gasteiger partial charge in [0.05, 0.1) is 37.5 Å². The number of ether oxygens (including phenoxy) is 3. The van der Waals surface area contributed by atoms with Gasteiger partial charge in [0.15, 0.2) is 5.78 Å². The molecule has 188 valence electrons. The number of Topliss-reactive ketones (excluding diaryl/α,β-unsaturated/α-hetero) is 1. The van der Waals surface area contributed by atoms with Gasteiger partial charge in [-0.25, -0.2) is 4.79 Å². The summed E-state index contributed by atoms with van der Waals surface area (Å²) in [4.78, 5) is 45.0. The van der Waals surface area contributed by atoms with Gasteiger partial charge in [-0.2, -0.15) is 0 Å². The van der Waals surface area contributed by atoms with Gasteiger partial charge in [-0.1, -0.05) is 24.3 Å². The van der Waals surface area contributed by atoms with Crippen LogP contribution in [0.4, 0.5) is 0 Å². The van der Waals surface area contributed by atoms with E-state index >= 15 is 0 Å². The quantitative estimate of drug-likeness (QED) is 0.462. The fraction of sp³-hybridized carbons (Fsp3) is 0.357. The highest BCUT2D eigenvalue weighted by atomic mass is 16.5. The predicted octanol–water partition coefficient (Wildman–Crippen LogP) is 3.80. The molecule has 1 aliphatic heterocycles. The molecule has 1 aromatic carbocycles. The molecule has 0 fully saturated rings. The number of methoxy groups -OCH3 is 1. The van der Waals surface area contributed by atoms with Crippen LogP contribution in [0.3, 0.4) is 0 Å². The van der Waals surface area contributed by atoms with Gasteiger partial charge >= 0.3 is 11.9 Å². The standard InChI is InChI=1S/C28H30N2O6/c1-5-35-27(32)22-16(3)30-20-15-18(17-11-7-8-13-21(17)34-4)23(28(33)36-6-2)26(31)25(20)24(22)19-12-9-10-14-29-19/h7-14,18,23-24,30H,5-6,15H2,1-4H3/t18-,23-,24+/m1/s1. The Balaban J connectivity index is 1.91. The molecule has 0 saturated heterocycles. The van der Waals surface area contributed by atoms with Crippen LogP contribution in [-0.4, -0.2) is 43.0 Å². The van der Waals surface area contributed by atoms with E-state index in [9.17, 15) is 14.4 Å². The molecule has 0 amide bonds. The summed E-state index contributed by atoms with van der Waals surface area (Å²) in [5.74, 6) is -3.33. The van der Waals surface area contributed by atoms with Crippen LogP contribution in [0.5, 0.6) is 5.75 Å². The predicted molar refractivity (Wildman–Crippen MR) is 132 cm³/mol. The number of benzene rings is 1. The maximum atomic E-state index is 14.2. The van der Waals surface area contributed by atoms with E-state index < -0.39 is 35.5 Å². The van der Waals surface area contributed by atoms with Crippen molar-refractivity contribution in [3.05, 3.63) is 82.5 Å². The van der Waals surface area contributed by atoms with Crippen molar-refractivity contribution in [3.63, 3.8) is 0 Å². The van der Waals surface area contributed by atoms with E-state index in [1.165, 1.54) is 0 Å². The molecular weight excluding hydrogens is 460 g/mol. The Bertz CT molecular complexity index is 1230. The molecule has 8 heteroatoms. The molecule has 2 heterocycles. The van der Waals surface area contributed by atoms with E-state index in [-0.39, 0.29) is 13.2 Å². The second-order valence-electron chi connectivity index (χ2n) is 8.61. The van der Waals surface area contributed by atoms with Crippen LogP contribution < -0.4 is 10.1 Å². The number of carbonyl (C=O) groups is 3. The van der Waals surface area contributed by atoms with Gasteiger partial charge in [0.25, 0.3) is 0 Å². The van der Waals surface area contributed by atoms with E-state index in [0.717, 1.165) is 5.56 Å². The summed E-state index contributed by atoms with van der Waals surface area (Å²) in [5.41, 5.74) is 3.15. The number of hydrogen-bond acceptors (Lipinski definition) is 8. The van der Waals surface area contributed by atoms with Crippen LogP contribution in [0.1, 0.15) is 50.3 Å². The van der Waals surface area contributed by atoms with Gasteiger partial charge in [-0.3, -0.25) is 14.6 Å². The maximum absolute atomic E-state index is 14.2. The minimum atomic E-state index is -1.10. The highest BCUT2D eigenvalue weighted by Gasteiger charge is 2.49. The number of esters is 2. The molecule has 2 aliphatic rings. The van der Waals surface area contributed by atoms with E-state index in [0.29, 0.717) is 40.4 Å². The summed E-state index contributed by atoms with van der Waals surface area (Å²) >= 11 is 0. The van der Waals surface area contributed by atoms with Crippen LogP contribution in [-0.2, 0) is 23.9 Å². The molecule has 0 spiro atoms. The van der Waals surface area contributed by atoms with Crippen molar-refractivity contribution in [2.45, 2.75) is 39.0 Å². The summed E-state index contributed by atoms with van der Waals surface area (Å²) in [6.45, 7) is 5.54. The van der Waals surface area contributed by atoms with Gasteiger partial charge in [0.1, 0.15) is 11.7 Å². The first-order valence-electron chi connectivity index (χ1n) is 12.0. The lowest BCUT2D eigenvalue weighted by atomic mass is 9.67. The number of aromatic nitrogens is 1. The van der Waals surface area contributed by atoms with E-state index in [1.807, 2.05) is 18.2 Å². The summed E-state index contributed by atoms with van der Waals surface area (Å²) < 4.78 is 16.3. The molecule has 8 nitrogen and oxygen atoms in total. The first kappa shape index (κ1) is 25.2. The maximum Gasteiger partial charge on any atom is 0.336 e. The second kappa shape index (κ2) is 10.8. The van der Waals surface area contributed by atoms with E-state index in [1.54, 1.807) is 58.3 Å². The van der Waals surface area contributed by atoms with Crippen LogP contribution in [0, 0.1) is 5.92 Å². The van der Waals surface area contributed by atoms with Gasteiger partial charge in [0.2, 0.25) is 0 Å². The fourth-order valence-electron chi connectivity index (χ4n) is 5.12. The van der Waals surface area contributed by atoms with Gasteiger partial charge < -0.3 is 19.5 Å². The summed E-state index contributed by atoms with van der Waals surface area (Å²) in [6.07, 6.45) is 1.96. The Hall–Kier alpha value is -3.94. The number of pyridine rings is 1. The Labute approximate surface area is 210 Å². The molecule has 0 bridgehead atoms. The van der Waals surface area contributed by atoms with Crippen molar-refractivity contribution < 1.29 is 28.6 Å². The van der Waals surface area contributed by atoms with Crippen molar-refractivity contribution in [1.82, 2.24) is 10.3 Å². The average molecular weight is 491 g/mol. The fourth-order valence-corrected chi connectivity index (χ4v) is 5.12.